The molecule has 1 atom stereocenters. The first kappa shape index (κ1) is 14.5. The minimum atomic E-state index is -0.206. The average molecular weight is 273 g/mol. The van der Waals surface area contributed by atoms with Gasteiger partial charge in [0.1, 0.15) is 11.6 Å². The van der Waals surface area contributed by atoms with E-state index >= 15 is 0 Å². The van der Waals surface area contributed by atoms with E-state index in [1.54, 1.807) is 7.11 Å². The molecule has 0 aliphatic heterocycles. The lowest BCUT2D eigenvalue weighted by atomic mass is 9.99. The number of rotatable bonds is 5. The summed E-state index contributed by atoms with van der Waals surface area (Å²) in [5.74, 6) is 0.564. The number of methoxy groups -OCH3 is 1. The van der Waals surface area contributed by atoms with Gasteiger partial charge < -0.3 is 10.1 Å². The van der Waals surface area contributed by atoms with Crippen LogP contribution in [0.15, 0.2) is 42.5 Å². The van der Waals surface area contributed by atoms with Gasteiger partial charge in [0.25, 0.3) is 0 Å². The first-order valence-electron chi connectivity index (χ1n) is 6.83. The molecule has 2 nitrogen and oxygen atoms in total. The van der Waals surface area contributed by atoms with Crippen LogP contribution in [0, 0.1) is 5.82 Å². The predicted octanol–water partition coefficient (Wildman–Crippen LogP) is 4.17. The third-order valence-electron chi connectivity index (χ3n) is 3.40. The Kier molecular flexibility index (Phi) is 4.74. The van der Waals surface area contributed by atoms with Crippen molar-refractivity contribution in [1.29, 1.82) is 0 Å². The molecule has 2 aromatic rings. The molecule has 1 N–H and O–H groups in total. The van der Waals surface area contributed by atoms with Crippen LogP contribution < -0.4 is 10.1 Å². The summed E-state index contributed by atoms with van der Waals surface area (Å²) in [6, 6.07) is 12.9. The van der Waals surface area contributed by atoms with Crippen LogP contribution in [-0.2, 0) is 0 Å². The molecule has 0 bridgehead atoms. The molecule has 0 heterocycles. The van der Waals surface area contributed by atoms with Crippen molar-refractivity contribution < 1.29 is 9.13 Å². The van der Waals surface area contributed by atoms with E-state index in [2.05, 4.69) is 19.2 Å². The van der Waals surface area contributed by atoms with Crippen molar-refractivity contribution in [3.8, 4) is 16.9 Å². The van der Waals surface area contributed by atoms with Gasteiger partial charge in [-0.05, 0) is 48.9 Å². The molecule has 0 fully saturated rings. The van der Waals surface area contributed by atoms with E-state index in [4.69, 9.17) is 4.74 Å². The maximum atomic E-state index is 14.0. The van der Waals surface area contributed by atoms with E-state index in [0.29, 0.717) is 5.56 Å². The van der Waals surface area contributed by atoms with Crippen LogP contribution in [0.2, 0.25) is 0 Å². The van der Waals surface area contributed by atoms with Gasteiger partial charge in [0, 0.05) is 11.6 Å². The Morgan fingerprint density at radius 1 is 1.15 bits per heavy atom. The number of hydrogen-bond acceptors (Lipinski definition) is 2. The normalized spacial score (nSPS) is 12.2. The minimum absolute atomic E-state index is 0.206. The monoisotopic (exact) mass is 273 g/mol. The first-order valence-corrected chi connectivity index (χ1v) is 6.83. The lowest BCUT2D eigenvalue weighted by Crippen LogP contribution is -2.17. The number of nitrogens with one attached hydrogen (secondary N) is 1. The Hall–Kier alpha value is -1.87. The van der Waals surface area contributed by atoms with Crippen molar-refractivity contribution in [3.05, 3.63) is 53.8 Å². The predicted molar refractivity (Wildman–Crippen MR) is 80.5 cm³/mol. The summed E-state index contributed by atoms with van der Waals surface area (Å²) in [6.07, 6.45) is 0. The smallest absolute Gasteiger partial charge is 0.131 e. The van der Waals surface area contributed by atoms with Crippen molar-refractivity contribution in [2.45, 2.75) is 19.9 Å². The molecular formula is C17H20FNO. The van der Waals surface area contributed by atoms with Gasteiger partial charge in [0.05, 0.1) is 7.11 Å². The van der Waals surface area contributed by atoms with E-state index in [1.807, 2.05) is 36.4 Å². The van der Waals surface area contributed by atoms with E-state index in [0.717, 1.165) is 23.4 Å². The Bertz CT molecular complexity index is 566. The fourth-order valence-corrected chi connectivity index (χ4v) is 2.23. The van der Waals surface area contributed by atoms with Crippen molar-refractivity contribution in [2.75, 3.05) is 13.7 Å². The number of ether oxygens (including phenoxy) is 1. The van der Waals surface area contributed by atoms with Crippen molar-refractivity contribution in [1.82, 2.24) is 5.32 Å². The van der Waals surface area contributed by atoms with Gasteiger partial charge in [-0.25, -0.2) is 4.39 Å². The second-order valence-electron chi connectivity index (χ2n) is 4.75. The molecule has 0 saturated carbocycles. The van der Waals surface area contributed by atoms with Crippen LogP contribution in [0.5, 0.6) is 5.75 Å². The summed E-state index contributed by atoms with van der Waals surface area (Å²) in [5.41, 5.74) is 2.56. The van der Waals surface area contributed by atoms with Crippen molar-refractivity contribution >= 4 is 0 Å². The molecule has 0 aliphatic rings. The summed E-state index contributed by atoms with van der Waals surface area (Å²) >= 11 is 0. The molecule has 2 aromatic carbocycles. The average Bonchev–Trinajstić information content (AvgIpc) is 2.48. The zero-order valence-electron chi connectivity index (χ0n) is 12.1. The highest BCUT2D eigenvalue weighted by atomic mass is 19.1. The molecule has 0 amide bonds. The van der Waals surface area contributed by atoms with Crippen molar-refractivity contribution in [3.63, 3.8) is 0 Å². The summed E-state index contributed by atoms with van der Waals surface area (Å²) in [4.78, 5) is 0. The van der Waals surface area contributed by atoms with Gasteiger partial charge in [-0.15, -0.1) is 0 Å². The third kappa shape index (κ3) is 3.17. The summed E-state index contributed by atoms with van der Waals surface area (Å²) < 4.78 is 19.2. The summed E-state index contributed by atoms with van der Waals surface area (Å²) in [6.45, 7) is 5.02. The molecule has 20 heavy (non-hydrogen) atoms. The second kappa shape index (κ2) is 6.53. The second-order valence-corrected chi connectivity index (χ2v) is 4.75. The number of halogens is 1. The molecule has 0 aromatic heterocycles. The zero-order valence-corrected chi connectivity index (χ0v) is 12.1. The quantitative estimate of drug-likeness (QED) is 0.882. The Labute approximate surface area is 119 Å². The van der Waals surface area contributed by atoms with Crippen LogP contribution >= 0.6 is 0 Å². The fraction of sp³-hybridized carbons (Fsp3) is 0.294. The van der Waals surface area contributed by atoms with E-state index < -0.39 is 0 Å². The Balaban J connectivity index is 2.36. The molecule has 2 rings (SSSR count). The Morgan fingerprint density at radius 3 is 2.45 bits per heavy atom. The fourth-order valence-electron chi connectivity index (χ4n) is 2.23. The molecule has 1 unspecified atom stereocenters. The van der Waals surface area contributed by atoms with Crippen LogP contribution in [-0.4, -0.2) is 13.7 Å². The lowest BCUT2D eigenvalue weighted by Gasteiger charge is -2.14. The SMILES string of the molecule is CCNC(C)c1ccc(F)c(-c2ccc(OC)cc2)c1. The molecule has 3 heteroatoms. The standard InChI is InChI=1S/C17H20FNO/c1-4-19-12(2)14-7-10-17(18)16(11-14)13-5-8-15(20-3)9-6-13/h5-12,19H,4H2,1-3H3. The molecule has 0 spiro atoms. The number of benzene rings is 2. The molecule has 0 aliphatic carbocycles. The lowest BCUT2D eigenvalue weighted by molar-refractivity contribution is 0.415. The van der Waals surface area contributed by atoms with Gasteiger partial charge in [0.15, 0.2) is 0 Å². The topological polar surface area (TPSA) is 21.3 Å². The molecule has 0 radical (unpaired) electrons. The molecular weight excluding hydrogens is 253 g/mol. The zero-order chi connectivity index (χ0) is 14.5. The van der Waals surface area contributed by atoms with E-state index in [1.165, 1.54) is 6.07 Å². The van der Waals surface area contributed by atoms with Gasteiger partial charge in [-0.3, -0.25) is 0 Å². The van der Waals surface area contributed by atoms with E-state index in [-0.39, 0.29) is 11.9 Å². The Morgan fingerprint density at radius 2 is 1.85 bits per heavy atom. The van der Waals surface area contributed by atoms with Crippen LogP contribution in [0.25, 0.3) is 11.1 Å². The largest absolute Gasteiger partial charge is 0.497 e. The van der Waals surface area contributed by atoms with Gasteiger partial charge >= 0.3 is 0 Å². The van der Waals surface area contributed by atoms with E-state index in [9.17, 15) is 4.39 Å². The highest BCUT2D eigenvalue weighted by Gasteiger charge is 2.10. The first-order chi connectivity index (χ1) is 9.65. The van der Waals surface area contributed by atoms with Crippen LogP contribution in [0.3, 0.4) is 0 Å². The summed E-state index contributed by atoms with van der Waals surface area (Å²) in [5, 5.41) is 3.34. The molecule has 0 saturated heterocycles. The third-order valence-corrected chi connectivity index (χ3v) is 3.40. The highest BCUT2D eigenvalue weighted by molar-refractivity contribution is 5.65. The van der Waals surface area contributed by atoms with Crippen LogP contribution in [0.1, 0.15) is 25.5 Å². The van der Waals surface area contributed by atoms with Crippen LogP contribution in [0.4, 0.5) is 4.39 Å². The van der Waals surface area contributed by atoms with Gasteiger partial charge in [-0.1, -0.05) is 25.1 Å². The number of hydrogen-bond donors (Lipinski definition) is 1. The van der Waals surface area contributed by atoms with Gasteiger partial charge in [0.2, 0.25) is 0 Å². The van der Waals surface area contributed by atoms with Gasteiger partial charge in [-0.2, -0.15) is 0 Å². The molecule has 106 valence electrons. The highest BCUT2D eigenvalue weighted by Crippen LogP contribution is 2.27. The maximum absolute atomic E-state index is 14.0. The minimum Gasteiger partial charge on any atom is -0.497 e. The van der Waals surface area contributed by atoms with Crippen molar-refractivity contribution in [2.24, 2.45) is 0 Å². The maximum Gasteiger partial charge on any atom is 0.131 e. The summed E-state index contributed by atoms with van der Waals surface area (Å²) in [7, 11) is 1.62.